The van der Waals surface area contributed by atoms with Crippen LogP contribution in [0.25, 0.3) is 0 Å². The molecule has 0 aromatic carbocycles. The van der Waals surface area contributed by atoms with Crippen molar-refractivity contribution in [1.29, 1.82) is 0 Å². The fraction of sp³-hybridized carbons (Fsp3) is 0.385. The Morgan fingerprint density at radius 2 is 2.05 bits per heavy atom. The van der Waals surface area contributed by atoms with Crippen LogP contribution in [-0.2, 0) is 0 Å². The van der Waals surface area contributed by atoms with Gasteiger partial charge in [-0.25, -0.2) is 9.97 Å². The summed E-state index contributed by atoms with van der Waals surface area (Å²) in [5.74, 6) is 2.68. The maximum atomic E-state index is 5.68. The molecule has 3 N–H and O–H groups in total. The SMILES string of the molecule is CC(CN)N(C)c1cc(N(C)c2ccc[nH]2)ncn1. The predicted molar refractivity (Wildman–Crippen MR) is 77.8 cm³/mol. The molecule has 0 bridgehead atoms. The second-order valence-electron chi connectivity index (χ2n) is 4.54. The van der Waals surface area contributed by atoms with Crippen molar-refractivity contribution in [2.45, 2.75) is 13.0 Å². The van der Waals surface area contributed by atoms with Crippen LogP contribution in [0.3, 0.4) is 0 Å². The van der Waals surface area contributed by atoms with E-state index in [1.54, 1.807) is 6.33 Å². The highest BCUT2D eigenvalue weighted by atomic mass is 15.2. The number of hydrogen-bond acceptors (Lipinski definition) is 5. The molecule has 2 aromatic rings. The van der Waals surface area contributed by atoms with E-state index in [1.165, 1.54) is 0 Å². The monoisotopic (exact) mass is 260 g/mol. The Hall–Kier alpha value is -2.08. The summed E-state index contributed by atoms with van der Waals surface area (Å²) in [6.45, 7) is 2.65. The molecule has 2 heterocycles. The van der Waals surface area contributed by atoms with Crippen LogP contribution in [0, 0.1) is 0 Å². The van der Waals surface area contributed by atoms with Gasteiger partial charge in [0.1, 0.15) is 23.8 Å². The van der Waals surface area contributed by atoms with E-state index < -0.39 is 0 Å². The van der Waals surface area contributed by atoms with Gasteiger partial charge in [0, 0.05) is 38.9 Å². The van der Waals surface area contributed by atoms with Crippen LogP contribution in [0.1, 0.15) is 6.92 Å². The average molecular weight is 260 g/mol. The van der Waals surface area contributed by atoms with E-state index in [9.17, 15) is 0 Å². The van der Waals surface area contributed by atoms with E-state index in [-0.39, 0.29) is 6.04 Å². The van der Waals surface area contributed by atoms with Crippen LogP contribution >= 0.6 is 0 Å². The fourth-order valence-electron chi connectivity index (χ4n) is 1.75. The number of anilines is 3. The number of nitrogens with two attached hydrogens (primary N) is 1. The van der Waals surface area contributed by atoms with Gasteiger partial charge < -0.3 is 20.5 Å². The van der Waals surface area contributed by atoms with E-state index >= 15 is 0 Å². The van der Waals surface area contributed by atoms with Gasteiger partial charge >= 0.3 is 0 Å². The molecule has 102 valence electrons. The van der Waals surface area contributed by atoms with Crippen molar-refractivity contribution >= 4 is 17.5 Å². The van der Waals surface area contributed by atoms with Gasteiger partial charge in [0.05, 0.1) is 0 Å². The summed E-state index contributed by atoms with van der Waals surface area (Å²) in [5, 5.41) is 0. The fourth-order valence-corrected chi connectivity index (χ4v) is 1.75. The zero-order valence-electron chi connectivity index (χ0n) is 11.5. The first-order valence-corrected chi connectivity index (χ1v) is 6.25. The lowest BCUT2D eigenvalue weighted by atomic mass is 10.3. The molecule has 0 amide bonds. The molecule has 19 heavy (non-hydrogen) atoms. The van der Waals surface area contributed by atoms with Gasteiger partial charge in [-0.15, -0.1) is 0 Å². The number of hydrogen-bond donors (Lipinski definition) is 2. The van der Waals surface area contributed by atoms with Gasteiger partial charge in [-0.05, 0) is 19.1 Å². The topological polar surface area (TPSA) is 74.1 Å². The van der Waals surface area contributed by atoms with E-state index in [0.29, 0.717) is 6.54 Å². The standard InChI is InChI=1S/C13H20N6/c1-10(8-14)18(2)12-7-13(17-9-16-12)19(3)11-5-4-6-15-11/h4-7,9-10,15H,8,14H2,1-3H3. The third-order valence-corrected chi connectivity index (χ3v) is 3.29. The zero-order valence-corrected chi connectivity index (χ0v) is 11.5. The third-order valence-electron chi connectivity index (χ3n) is 3.29. The van der Waals surface area contributed by atoms with Gasteiger partial charge in [-0.2, -0.15) is 0 Å². The van der Waals surface area contributed by atoms with Crippen molar-refractivity contribution in [3.63, 3.8) is 0 Å². The van der Waals surface area contributed by atoms with Crippen LogP contribution in [0.4, 0.5) is 17.5 Å². The minimum atomic E-state index is 0.235. The van der Waals surface area contributed by atoms with Crippen LogP contribution < -0.4 is 15.5 Å². The van der Waals surface area contributed by atoms with E-state index in [1.807, 2.05) is 48.3 Å². The Kier molecular flexibility index (Phi) is 4.01. The second kappa shape index (κ2) is 5.71. The highest BCUT2D eigenvalue weighted by Gasteiger charge is 2.12. The molecule has 2 rings (SSSR count). The Balaban J connectivity index is 2.24. The van der Waals surface area contributed by atoms with Gasteiger partial charge in [-0.1, -0.05) is 0 Å². The molecule has 2 aromatic heterocycles. The maximum Gasteiger partial charge on any atom is 0.139 e. The maximum absolute atomic E-state index is 5.68. The molecule has 0 radical (unpaired) electrons. The Morgan fingerprint density at radius 3 is 2.68 bits per heavy atom. The molecule has 0 aliphatic carbocycles. The van der Waals surface area contributed by atoms with Crippen molar-refractivity contribution in [2.24, 2.45) is 5.73 Å². The number of likely N-dealkylation sites (N-methyl/N-ethyl adjacent to an activating group) is 1. The molecule has 0 saturated carbocycles. The highest BCUT2D eigenvalue weighted by Crippen LogP contribution is 2.22. The largest absolute Gasteiger partial charge is 0.356 e. The number of H-pyrrole nitrogens is 1. The van der Waals surface area contributed by atoms with E-state index in [0.717, 1.165) is 17.5 Å². The molecular weight excluding hydrogens is 240 g/mol. The van der Waals surface area contributed by atoms with Crippen LogP contribution in [0.5, 0.6) is 0 Å². The number of aromatic amines is 1. The first kappa shape index (κ1) is 13.4. The van der Waals surface area contributed by atoms with Crippen molar-refractivity contribution < 1.29 is 0 Å². The summed E-state index contributed by atoms with van der Waals surface area (Å²) in [4.78, 5) is 15.8. The van der Waals surface area contributed by atoms with Gasteiger partial charge in [-0.3, -0.25) is 0 Å². The number of nitrogens with one attached hydrogen (secondary N) is 1. The number of nitrogens with zero attached hydrogens (tertiary/aromatic N) is 4. The van der Waals surface area contributed by atoms with Gasteiger partial charge in [0.15, 0.2) is 0 Å². The first-order chi connectivity index (χ1) is 9.13. The minimum Gasteiger partial charge on any atom is -0.356 e. The van der Waals surface area contributed by atoms with Gasteiger partial charge in [0.25, 0.3) is 0 Å². The van der Waals surface area contributed by atoms with Crippen molar-refractivity contribution in [1.82, 2.24) is 15.0 Å². The third kappa shape index (κ3) is 2.85. The zero-order chi connectivity index (χ0) is 13.8. The number of aromatic nitrogens is 3. The smallest absolute Gasteiger partial charge is 0.139 e. The van der Waals surface area contributed by atoms with Crippen LogP contribution in [0.2, 0.25) is 0 Å². The van der Waals surface area contributed by atoms with Gasteiger partial charge in [0.2, 0.25) is 0 Å². The lowest BCUT2D eigenvalue weighted by Crippen LogP contribution is -2.35. The first-order valence-electron chi connectivity index (χ1n) is 6.25. The quantitative estimate of drug-likeness (QED) is 0.849. The Morgan fingerprint density at radius 1 is 1.32 bits per heavy atom. The minimum absolute atomic E-state index is 0.235. The summed E-state index contributed by atoms with van der Waals surface area (Å²) in [6.07, 6.45) is 3.46. The molecule has 6 heteroatoms. The molecule has 0 saturated heterocycles. The molecule has 1 atom stereocenters. The van der Waals surface area contributed by atoms with Crippen molar-refractivity contribution in [2.75, 3.05) is 30.4 Å². The van der Waals surface area contributed by atoms with E-state index in [4.69, 9.17) is 5.73 Å². The molecule has 0 spiro atoms. The van der Waals surface area contributed by atoms with Crippen LogP contribution in [0.15, 0.2) is 30.7 Å². The van der Waals surface area contributed by atoms with Crippen LogP contribution in [-0.4, -0.2) is 41.6 Å². The van der Waals surface area contributed by atoms with E-state index in [2.05, 4.69) is 21.9 Å². The second-order valence-corrected chi connectivity index (χ2v) is 4.54. The highest BCUT2D eigenvalue weighted by molar-refractivity contribution is 5.58. The summed E-state index contributed by atoms with van der Waals surface area (Å²) >= 11 is 0. The molecule has 0 fully saturated rings. The Bertz CT molecular complexity index is 510. The molecule has 0 aliphatic rings. The molecule has 6 nitrogen and oxygen atoms in total. The molecule has 0 aliphatic heterocycles. The lowest BCUT2D eigenvalue weighted by molar-refractivity contribution is 0.686. The summed E-state index contributed by atoms with van der Waals surface area (Å²) < 4.78 is 0. The average Bonchev–Trinajstić information content (AvgIpc) is 2.99. The summed E-state index contributed by atoms with van der Waals surface area (Å²) in [7, 11) is 3.95. The summed E-state index contributed by atoms with van der Waals surface area (Å²) in [6, 6.07) is 6.14. The van der Waals surface area contributed by atoms with Crippen molar-refractivity contribution in [3.05, 3.63) is 30.7 Å². The predicted octanol–water partition coefficient (Wildman–Crippen LogP) is 1.36. The summed E-state index contributed by atoms with van der Waals surface area (Å²) in [5.41, 5.74) is 5.68. The normalized spacial score (nSPS) is 12.2. The lowest BCUT2D eigenvalue weighted by Gasteiger charge is -2.25. The Labute approximate surface area is 113 Å². The molecule has 1 unspecified atom stereocenters. The van der Waals surface area contributed by atoms with Crippen molar-refractivity contribution in [3.8, 4) is 0 Å². The number of rotatable bonds is 5. The molecular formula is C13H20N6.